The molecule has 0 bridgehead atoms. The van der Waals surface area contributed by atoms with Gasteiger partial charge in [0.15, 0.2) is 11.4 Å². The van der Waals surface area contributed by atoms with Crippen molar-refractivity contribution in [2.45, 2.75) is 69.9 Å². The van der Waals surface area contributed by atoms with E-state index in [-0.39, 0.29) is 18.1 Å². The Bertz CT molecular complexity index is 1200. The van der Waals surface area contributed by atoms with Crippen molar-refractivity contribution in [3.8, 4) is 0 Å². The van der Waals surface area contributed by atoms with E-state index in [1.807, 2.05) is 25.2 Å². The number of hydrogen-bond donors (Lipinski definition) is 1. The fourth-order valence-electron chi connectivity index (χ4n) is 5.98. The number of urea groups is 1. The van der Waals surface area contributed by atoms with Crippen molar-refractivity contribution in [1.82, 2.24) is 34.3 Å². The van der Waals surface area contributed by atoms with Crippen LogP contribution in [0, 0.1) is 0 Å². The molecule has 0 aromatic carbocycles. The highest BCUT2D eigenvalue weighted by Gasteiger charge is 2.61. The maximum Gasteiger partial charge on any atom is 0.322 e. The summed E-state index contributed by atoms with van der Waals surface area (Å²) in [7, 11) is 5.49. The molecule has 3 amide bonds. The summed E-state index contributed by atoms with van der Waals surface area (Å²) in [5.41, 5.74) is 1.67. The minimum Gasteiger partial charge on any atom is -0.353 e. The highest BCUT2D eigenvalue weighted by molar-refractivity contribution is 5.93. The second-order valence-corrected chi connectivity index (χ2v) is 10.8. The molecular weight excluding hydrogens is 470 g/mol. The van der Waals surface area contributed by atoms with Gasteiger partial charge in [0.05, 0.1) is 17.7 Å². The first kappa shape index (κ1) is 23.9. The lowest BCUT2D eigenvalue weighted by atomic mass is 9.86. The largest absolute Gasteiger partial charge is 0.353 e. The number of carbonyl (C=O) groups excluding carboxylic acids is 2. The number of likely N-dealkylation sites (N-methyl/N-ethyl adjacent to an activating group) is 2. The van der Waals surface area contributed by atoms with Crippen molar-refractivity contribution in [3.05, 3.63) is 35.4 Å². The smallest absolute Gasteiger partial charge is 0.322 e. The van der Waals surface area contributed by atoms with E-state index in [9.17, 15) is 9.59 Å². The van der Waals surface area contributed by atoms with Crippen LogP contribution in [0.4, 0.5) is 10.6 Å². The quantitative estimate of drug-likeness (QED) is 0.608. The monoisotopic (exact) mass is 507 g/mol. The van der Waals surface area contributed by atoms with Crippen LogP contribution in [0.2, 0.25) is 0 Å². The van der Waals surface area contributed by atoms with Gasteiger partial charge in [-0.25, -0.2) is 4.79 Å². The van der Waals surface area contributed by atoms with Crippen molar-refractivity contribution in [2.75, 3.05) is 39.5 Å². The molecule has 0 saturated heterocycles. The zero-order valence-electron chi connectivity index (χ0n) is 22.4. The van der Waals surface area contributed by atoms with Gasteiger partial charge in [-0.3, -0.25) is 19.4 Å². The van der Waals surface area contributed by atoms with Crippen LogP contribution in [-0.2, 0) is 6.54 Å². The van der Waals surface area contributed by atoms with Gasteiger partial charge in [-0.15, -0.1) is 0 Å². The maximum absolute atomic E-state index is 14.1. The molecule has 198 valence electrons. The van der Waals surface area contributed by atoms with Crippen molar-refractivity contribution in [3.63, 3.8) is 0 Å². The number of anilines is 1. The van der Waals surface area contributed by atoms with Gasteiger partial charge in [-0.05, 0) is 45.6 Å². The molecule has 1 aromatic heterocycles. The molecule has 4 heterocycles. The zero-order chi connectivity index (χ0) is 26.1. The van der Waals surface area contributed by atoms with Crippen molar-refractivity contribution >= 4 is 24.1 Å². The molecular formula is C26H37N9O2. The molecule has 1 N–H and O–H groups in total. The van der Waals surface area contributed by atoms with Crippen molar-refractivity contribution < 1.29 is 9.59 Å². The predicted octanol–water partition coefficient (Wildman–Crippen LogP) is 2.18. The minimum atomic E-state index is -0.779. The van der Waals surface area contributed by atoms with Gasteiger partial charge in [0, 0.05) is 65.1 Å². The van der Waals surface area contributed by atoms with Crippen molar-refractivity contribution in [2.24, 2.45) is 4.99 Å². The summed E-state index contributed by atoms with van der Waals surface area (Å²) < 4.78 is 1.72. The zero-order valence-corrected chi connectivity index (χ0v) is 22.4. The fourth-order valence-corrected chi connectivity index (χ4v) is 5.98. The first-order chi connectivity index (χ1) is 17.8. The van der Waals surface area contributed by atoms with Gasteiger partial charge in [-0.2, -0.15) is 5.10 Å². The van der Waals surface area contributed by atoms with Crippen LogP contribution >= 0.6 is 0 Å². The van der Waals surface area contributed by atoms with E-state index in [0.29, 0.717) is 36.7 Å². The third-order valence-corrected chi connectivity index (χ3v) is 8.05. The molecule has 1 spiro atoms. The van der Waals surface area contributed by atoms with E-state index < -0.39 is 5.54 Å². The standard InChI is InChI=1S/C26H37N9O2/c1-6-32-15-20(28-22-14-19(23(36)30(3)4)34(7-2)29-22)26-21(31(5)16-27-26)12-13-33(24(26)32)25(37)35(17-8-9-17)18-10-11-18/h12,14-18,24H,6-11,13H2,1-5H3,(H,28,29). The van der Waals surface area contributed by atoms with Gasteiger partial charge in [0.25, 0.3) is 5.91 Å². The molecule has 1 aromatic rings. The Labute approximate surface area is 218 Å². The van der Waals surface area contributed by atoms with Crippen molar-refractivity contribution in [1.29, 1.82) is 0 Å². The van der Waals surface area contributed by atoms with E-state index in [0.717, 1.165) is 43.6 Å². The maximum atomic E-state index is 14.1. The molecule has 2 aliphatic carbocycles. The average Bonchev–Trinajstić information content (AvgIpc) is 3.81. The lowest BCUT2D eigenvalue weighted by Crippen LogP contribution is -2.64. The molecule has 2 atom stereocenters. The molecule has 2 unspecified atom stereocenters. The third kappa shape index (κ3) is 3.61. The topological polar surface area (TPSA) is 92.5 Å². The first-order valence-electron chi connectivity index (χ1n) is 13.4. The number of aryl methyl sites for hydroxylation is 1. The van der Waals surface area contributed by atoms with Crippen LogP contribution in [-0.4, -0.2) is 111 Å². The van der Waals surface area contributed by atoms with Crippen LogP contribution in [0.25, 0.3) is 0 Å². The molecule has 6 rings (SSSR count). The Balaban J connectivity index is 1.37. The molecule has 0 radical (unpaired) electrons. The van der Waals surface area contributed by atoms with E-state index in [2.05, 4.69) is 44.3 Å². The molecule has 2 saturated carbocycles. The van der Waals surface area contributed by atoms with Crippen LogP contribution in [0.5, 0.6) is 0 Å². The molecule has 3 aliphatic heterocycles. The molecule has 11 nitrogen and oxygen atoms in total. The fraction of sp³-hybridized carbons (Fsp3) is 0.615. The summed E-state index contributed by atoms with van der Waals surface area (Å²) in [6.07, 6.45) is 10.2. The Kier molecular flexibility index (Phi) is 5.50. The number of amides is 3. The average molecular weight is 508 g/mol. The number of rotatable bonds is 7. The highest BCUT2D eigenvalue weighted by Crippen LogP contribution is 2.49. The minimum absolute atomic E-state index is 0.0945. The second-order valence-electron chi connectivity index (χ2n) is 10.8. The number of aliphatic imine (C=N–C) groups is 1. The predicted molar refractivity (Wildman–Crippen MR) is 141 cm³/mol. The number of aromatic nitrogens is 2. The van der Waals surface area contributed by atoms with E-state index in [4.69, 9.17) is 4.99 Å². The number of nitrogens with zero attached hydrogens (tertiary/aromatic N) is 8. The van der Waals surface area contributed by atoms with Gasteiger partial charge in [0.1, 0.15) is 11.9 Å². The Morgan fingerprint density at radius 3 is 2.43 bits per heavy atom. The Hall–Kier alpha value is -3.50. The second kappa shape index (κ2) is 8.53. The Morgan fingerprint density at radius 2 is 1.84 bits per heavy atom. The molecule has 5 aliphatic rings. The Morgan fingerprint density at radius 1 is 1.14 bits per heavy atom. The van der Waals surface area contributed by atoms with Crippen LogP contribution in [0.15, 0.2) is 34.7 Å². The first-order valence-corrected chi connectivity index (χ1v) is 13.4. The van der Waals surface area contributed by atoms with E-state index in [1.165, 1.54) is 0 Å². The number of hydrogen-bond acceptors (Lipinski definition) is 7. The molecule has 11 heteroatoms. The normalized spacial score (nSPS) is 26.1. The summed E-state index contributed by atoms with van der Waals surface area (Å²) in [4.78, 5) is 41.9. The lowest BCUT2D eigenvalue weighted by molar-refractivity contribution is 0.0589. The SMILES string of the molecule is CCN1C=C(Nc2cc(C(=O)N(C)C)n(CC)n2)C23N=CN(C)C2=CCN(C(=O)N(C2CC2)C2CC2)C13. The molecule has 2 fully saturated rings. The lowest BCUT2D eigenvalue weighted by Gasteiger charge is -2.47. The van der Waals surface area contributed by atoms with Gasteiger partial charge in [0.2, 0.25) is 0 Å². The summed E-state index contributed by atoms with van der Waals surface area (Å²) >= 11 is 0. The van der Waals surface area contributed by atoms with Gasteiger partial charge >= 0.3 is 6.03 Å². The van der Waals surface area contributed by atoms with Crippen LogP contribution in [0.3, 0.4) is 0 Å². The molecule has 37 heavy (non-hydrogen) atoms. The van der Waals surface area contributed by atoms with Gasteiger partial charge in [-0.1, -0.05) is 0 Å². The highest BCUT2D eigenvalue weighted by atomic mass is 16.2. The summed E-state index contributed by atoms with van der Waals surface area (Å²) in [5.74, 6) is 0.498. The van der Waals surface area contributed by atoms with Crippen LogP contribution < -0.4 is 5.32 Å². The summed E-state index contributed by atoms with van der Waals surface area (Å²) in [5, 5.41) is 8.20. The number of carbonyl (C=O) groups is 2. The van der Waals surface area contributed by atoms with E-state index in [1.54, 1.807) is 29.7 Å². The summed E-state index contributed by atoms with van der Waals surface area (Å²) in [6, 6.07) is 2.68. The summed E-state index contributed by atoms with van der Waals surface area (Å²) in [6.45, 7) is 5.94. The number of nitrogens with one attached hydrogen (secondary N) is 1. The van der Waals surface area contributed by atoms with E-state index >= 15 is 0 Å². The van der Waals surface area contributed by atoms with Crippen LogP contribution in [0.1, 0.15) is 50.0 Å². The third-order valence-electron chi connectivity index (χ3n) is 8.05. The van der Waals surface area contributed by atoms with Gasteiger partial charge < -0.3 is 24.9 Å².